The molecule has 0 radical (unpaired) electrons. The molecule has 6 nitrogen and oxygen atoms in total. The fourth-order valence-corrected chi connectivity index (χ4v) is 3.16. The van der Waals surface area contributed by atoms with E-state index in [2.05, 4.69) is 10.4 Å². The fraction of sp³-hybridized carbons (Fsp3) is 0.318. The molecule has 0 saturated heterocycles. The van der Waals surface area contributed by atoms with Crippen molar-refractivity contribution in [3.63, 3.8) is 0 Å². The quantitative estimate of drug-likeness (QED) is 0.684. The van der Waals surface area contributed by atoms with Crippen molar-refractivity contribution in [2.75, 3.05) is 7.11 Å². The SMILES string of the molecule is CCn1nc(C(=O)NC(C)CCc2ccc(OC)cc2)c2ccccc2c1=O. The van der Waals surface area contributed by atoms with Gasteiger partial charge in [-0.3, -0.25) is 9.59 Å². The topological polar surface area (TPSA) is 73.2 Å². The van der Waals surface area contributed by atoms with Crippen LogP contribution in [0.2, 0.25) is 0 Å². The molecule has 0 aliphatic carbocycles. The zero-order valence-corrected chi connectivity index (χ0v) is 16.4. The lowest BCUT2D eigenvalue weighted by molar-refractivity contribution is 0.0933. The van der Waals surface area contributed by atoms with Crippen molar-refractivity contribution in [1.82, 2.24) is 15.1 Å². The summed E-state index contributed by atoms with van der Waals surface area (Å²) in [4.78, 5) is 25.3. The lowest BCUT2D eigenvalue weighted by Gasteiger charge is -2.15. The molecular weight excluding hydrogens is 354 g/mol. The number of nitrogens with zero attached hydrogens (tertiary/aromatic N) is 2. The highest BCUT2D eigenvalue weighted by atomic mass is 16.5. The molecule has 0 fully saturated rings. The number of aryl methyl sites for hydroxylation is 2. The molecule has 3 rings (SSSR count). The Morgan fingerprint density at radius 1 is 1.14 bits per heavy atom. The maximum atomic E-state index is 12.8. The van der Waals surface area contributed by atoms with Crippen molar-refractivity contribution < 1.29 is 9.53 Å². The van der Waals surface area contributed by atoms with Crippen LogP contribution >= 0.6 is 0 Å². The van der Waals surface area contributed by atoms with Crippen LogP contribution in [0.25, 0.3) is 10.8 Å². The first-order valence-electron chi connectivity index (χ1n) is 9.47. The number of hydrogen-bond donors (Lipinski definition) is 1. The standard InChI is InChI=1S/C22H25N3O3/c1-4-25-22(27)19-8-6-5-7-18(19)20(24-25)21(26)23-15(2)9-10-16-11-13-17(28-3)14-12-16/h5-8,11-15H,4,9-10H2,1-3H3,(H,23,26). The van der Waals surface area contributed by atoms with Crippen LogP contribution < -0.4 is 15.6 Å². The Bertz CT molecular complexity index is 1030. The van der Waals surface area contributed by atoms with Crippen LogP contribution in [-0.2, 0) is 13.0 Å². The smallest absolute Gasteiger partial charge is 0.274 e. The number of carbonyl (C=O) groups is 1. The number of rotatable bonds is 7. The minimum absolute atomic E-state index is 0.0304. The molecule has 1 amide bonds. The summed E-state index contributed by atoms with van der Waals surface area (Å²) in [6.07, 6.45) is 1.64. The molecule has 1 aromatic heterocycles. The molecule has 0 spiro atoms. The Morgan fingerprint density at radius 3 is 2.46 bits per heavy atom. The number of amides is 1. The van der Waals surface area contributed by atoms with E-state index in [1.165, 1.54) is 10.2 Å². The zero-order chi connectivity index (χ0) is 20.1. The highest BCUT2D eigenvalue weighted by molar-refractivity contribution is 6.04. The number of fused-ring (bicyclic) bond motifs is 1. The van der Waals surface area contributed by atoms with E-state index in [1.54, 1.807) is 25.3 Å². The third kappa shape index (κ3) is 4.22. The van der Waals surface area contributed by atoms with Crippen molar-refractivity contribution >= 4 is 16.7 Å². The van der Waals surface area contributed by atoms with E-state index in [9.17, 15) is 9.59 Å². The molecule has 1 heterocycles. The van der Waals surface area contributed by atoms with Crippen molar-refractivity contribution in [2.24, 2.45) is 0 Å². The van der Waals surface area contributed by atoms with Gasteiger partial charge in [0.1, 0.15) is 5.75 Å². The Balaban J connectivity index is 1.73. The molecule has 6 heteroatoms. The Hall–Kier alpha value is -3.15. The second-order valence-corrected chi connectivity index (χ2v) is 6.78. The first-order valence-corrected chi connectivity index (χ1v) is 9.47. The Kier molecular flexibility index (Phi) is 6.09. The van der Waals surface area contributed by atoms with Crippen LogP contribution in [-0.4, -0.2) is 28.8 Å². The number of aromatic nitrogens is 2. The van der Waals surface area contributed by atoms with Gasteiger partial charge >= 0.3 is 0 Å². The van der Waals surface area contributed by atoms with Gasteiger partial charge < -0.3 is 10.1 Å². The monoisotopic (exact) mass is 379 g/mol. The average molecular weight is 379 g/mol. The van der Waals surface area contributed by atoms with Crippen LogP contribution in [0.15, 0.2) is 53.3 Å². The van der Waals surface area contributed by atoms with Crippen LogP contribution in [0, 0.1) is 0 Å². The molecular formula is C22H25N3O3. The fourth-order valence-electron chi connectivity index (χ4n) is 3.16. The summed E-state index contributed by atoms with van der Waals surface area (Å²) in [5, 5.41) is 8.39. The molecule has 146 valence electrons. The molecule has 1 N–H and O–H groups in total. The van der Waals surface area contributed by atoms with E-state index in [4.69, 9.17) is 4.74 Å². The van der Waals surface area contributed by atoms with E-state index < -0.39 is 0 Å². The molecule has 2 aromatic carbocycles. The van der Waals surface area contributed by atoms with Gasteiger partial charge in [-0.25, -0.2) is 4.68 Å². The molecule has 3 aromatic rings. The van der Waals surface area contributed by atoms with Gasteiger partial charge in [0.2, 0.25) is 0 Å². The maximum absolute atomic E-state index is 12.8. The number of ether oxygens (including phenoxy) is 1. The Labute approximate surface area is 164 Å². The molecule has 0 aliphatic heterocycles. The van der Waals surface area contributed by atoms with Crippen LogP contribution in [0.5, 0.6) is 5.75 Å². The third-order valence-electron chi connectivity index (χ3n) is 4.78. The maximum Gasteiger partial charge on any atom is 0.274 e. The van der Waals surface area contributed by atoms with Gasteiger partial charge in [0.05, 0.1) is 12.5 Å². The van der Waals surface area contributed by atoms with Crippen molar-refractivity contribution in [3.05, 3.63) is 70.1 Å². The van der Waals surface area contributed by atoms with E-state index in [0.717, 1.165) is 18.6 Å². The van der Waals surface area contributed by atoms with Gasteiger partial charge in [-0.2, -0.15) is 5.10 Å². The number of methoxy groups -OCH3 is 1. The van der Waals surface area contributed by atoms with Gasteiger partial charge in [0.25, 0.3) is 11.5 Å². The summed E-state index contributed by atoms with van der Waals surface area (Å²) >= 11 is 0. The highest BCUT2D eigenvalue weighted by Gasteiger charge is 2.17. The second kappa shape index (κ2) is 8.69. The largest absolute Gasteiger partial charge is 0.497 e. The normalized spacial score (nSPS) is 12.0. The molecule has 0 bridgehead atoms. The lowest BCUT2D eigenvalue weighted by Crippen LogP contribution is -2.35. The van der Waals surface area contributed by atoms with Crippen molar-refractivity contribution in [3.8, 4) is 5.75 Å². The van der Waals surface area contributed by atoms with Crippen LogP contribution in [0.3, 0.4) is 0 Å². The van der Waals surface area contributed by atoms with E-state index >= 15 is 0 Å². The summed E-state index contributed by atoms with van der Waals surface area (Å²) in [6.45, 7) is 4.22. The number of benzene rings is 2. The third-order valence-corrected chi connectivity index (χ3v) is 4.78. The number of hydrogen-bond acceptors (Lipinski definition) is 4. The summed E-state index contributed by atoms with van der Waals surface area (Å²) < 4.78 is 6.50. The summed E-state index contributed by atoms with van der Waals surface area (Å²) in [6, 6.07) is 15.0. The Morgan fingerprint density at radius 2 is 1.82 bits per heavy atom. The first kappa shape index (κ1) is 19.6. The highest BCUT2D eigenvalue weighted by Crippen LogP contribution is 2.15. The first-order chi connectivity index (χ1) is 13.5. The minimum Gasteiger partial charge on any atom is -0.497 e. The van der Waals surface area contributed by atoms with Gasteiger partial charge in [-0.1, -0.05) is 30.3 Å². The van der Waals surface area contributed by atoms with Gasteiger partial charge in [0, 0.05) is 18.0 Å². The van der Waals surface area contributed by atoms with Crippen molar-refractivity contribution in [1.29, 1.82) is 0 Å². The van der Waals surface area contributed by atoms with E-state index in [-0.39, 0.29) is 23.2 Å². The molecule has 0 aliphatic rings. The second-order valence-electron chi connectivity index (χ2n) is 6.78. The zero-order valence-electron chi connectivity index (χ0n) is 16.4. The minimum atomic E-state index is -0.263. The van der Waals surface area contributed by atoms with Gasteiger partial charge in [0.15, 0.2) is 5.69 Å². The molecule has 1 atom stereocenters. The predicted octanol–water partition coefficient (Wildman–Crippen LogP) is 3.18. The van der Waals surface area contributed by atoms with Gasteiger partial charge in [-0.05, 0) is 50.5 Å². The van der Waals surface area contributed by atoms with Crippen LogP contribution in [0.1, 0.15) is 36.3 Å². The molecule has 1 unspecified atom stereocenters. The number of carbonyl (C=O) groups excluding carboxylic acids is 1. The average Bonchev–Trinajstić information content (AvgIpc) is 2.73. The molecule has 0 saturated carbocycles. The van der Waals surface area contributed by atoms with E-state index in [0.29, 0.717) is 17.3 Å². The van der Waals surface area contributed by atoms with Crippen LogP contribution in [0.4, 0.5) is 0 Å². The number of nitrogens with one attached hydrogen (secondary N) is 1. The predicted molar refractivity (Wildman–Crippen MR) is 110 cm³/mol. The van der Waals surface area contributed by atoms with Crippen molar-refractivity contribution in [2.45, 2.75) is 39.3 Å². The van der Waals surface area contributed by atoms with E-state index in [1.807, 2.05) is 44.2 Å². The summed E-state index contributed by atoms with van der Waals surface area (Å²) in [7, 11) is 1.64. The lowest BCUT2D eigenvalue weighted by atomic mass is 10.1. The molecule has 28 heavy (non-hydrogen) atoms. The van der Waals surface area contributed by atoms with Gasteiger partial charge in [-0.15, -0.1) is 0 Å². The summed E-state index contributed by atoms with van der Waals surface area (Å²) in [5.74, 6) is 0.565. The summed E-state index contributed by atoms with van der Waals surface area (Å²) in [5.41, 5.74) is 1.29.